The summed E-state index contributed by atoms with van der Waals surface area (Å²) >= 11 is 5.98. The highest BCUT2D eigenvalue weighted by atomic mass is 35.5. The van der Waals surface area contributed by atoms with Gasteiger partial charge in [0.05, 0.1) is 24.1 Å². The van der Waals surface area contributed by atoms with Gasteiger partial charge in [0.15, 0.2) is 0 Å². The molecular formula is C11H11ClN2O. The van der Waals surface area contributed by atoms with E-state index in [1.807, 2.05) is 6.07 Å². The largest absolute Gasteiger partial charge is 0.472 e. The summed E-state index contributed by atoms with van der Waals surface area (Å²) in [6.07, 6.45) is 5.84. The number of nitrogens with one attached hydrogen (secondary N) is 1. The molecule has 3 rings (SSSR count). The lowest BCUT2D eigenvalue weighted by atomic mass is 10.1. The van der Waals surface area contributed by atoms with Gasteiger partial charge in [-0.2, -0.15) is 5.10 Å². The van der Waals surface area contributed by atoms with Crippen LogP contribution in [0.3, 0.4) is 0 Å². The van der Waals surface area contributed by atoms with Gasteiger partial charge in [-0.05, 0) is 18.9 Å². The van der Waals surface area contributed by atoms with Gasteiger partial charge in [-0.3, -0.25) is 5.10 Å². The van der Waals surface area contributed by atoms with Crippen LogP contribution in [0.1, 0.15) is 30.0 Å². The Morgan fingerprint density at radius 1 is 1.53 bits per heavy atom. The number of halogens is 1. The van der Waals surface area contributed by atoms with Crippen molar-refractivity contribution in [3.8, 4) is 11.3 Å². The Morgan fingerprint density at radius 3 is 3.00 bits per heavy atom. The van der Waals surface area contributed by atoms with E-state index in [9.17, 15) is 0 Å². The number of hydrogen-bond acceptors (Lipinski definition) is 2. The zero-order chi connectivity index (χ0) is 10.3. The number of alkyl halides is 1. The number of aromatic amines is 1. The van der Waals surface area contributed by atoms with Gasteiger partial charge in [0.25, 0.3) is 0 Å². The fourth-order valence-corrected chi connectivity index (χ4v) is 2.13. The standard InChI is InChI=1S/C11H11ClN2O/c12-5-9-10(7-1-2-7)13-14-11(9)8-3-4-15-6-8/h3-4,6-7H,1-2,5H2,(H,13,14). The highest BCUT2D eigenvalue weighted by molar-refractivity contribution is 6.17. The molecule has 0 aromatic carbocycles. The van der Waals surface area contributed by atoms with Gasteiger partial charge in [0, 0.05) is 22.7 Å². The lowest BCUT2D eigenvalue weighted by Gasteiger charge is -1.98. The second kappa shape index (κ2) is 3.42. The molecule has 0 bridgehead atoms. The SMILES string of the molecule is ClCc1c(-c2ccoc2)n[nH]c1C1CC1. The van der Waals surface area contributed by atoms with E-state index < -0.39 is 0 Å². The third-order valence-electron chi connectivity index (χ3n) is 2.81. The molecule has 0 atom stereocenters. The molecule has 0 unspecified atom stereocenters. The third-order valence-corrected chi connectivity index (χ3v) is 3.08. The molecule has 0 radical (unpaired) electrons. The van der Waals surface area contributed by atoms with E-state index in [1.165, 1.54) is 18.5 Å². The van der Waals surface area contributed by atoms with Crippen LogP contribution in [0, 0.1) is 0 Å². The second-order valence-electron chi connectivity index (χ2n) is 3.88. The molecule has 3 nitrogen and oxygen atoms in total. The van der Waals surface area contributed by atoms with Crippen LogP contribution in [0.15, 0.2) is 23.0 Å². The van der Waals surface area contributed by atoms with Crippen molar-refractivity contribution in [1.29, 1.82) is 0 Å². The van der Waals surface area contributed by atoms with E-state index in [0.717, 1.165) is 16.8 Å². The Labute approximate surface area is 92.4 Å². The molecule has 0 amide bonds. The van der Waals surface area contributed by atoms with E-state index in [0.29, 0.717) is 11.8 Å². The topological polar surface area (TPSA) is 41.8 Å². The minimum atomic E-state index is 0.503. The molecule has 4 heteroatoms. The van der Waals surface area contributed by atoms with Gasteiger partial charge in [0.1, 0.15) is 0 Å². The van der Waals surface area contributed by atoms with Crippen LogP contribution in [0.2, 0.25) is 0 Å². The number of hydrogen-bond donors (Lipinski definition) is 1. The maximum absolute atomic E-state index is 5.98. The van der Waals surface area contributed by atoms with E-state index in [2.05, 4.69) is 10.2 Å². The quantitative estimate of drug-likeness (QED) is 0.810. The molecule has 1 aliphatic carbocycles. The summed E-state index contributed by atoms with van der Waals surface area (Å²) in [6, 6.07) is 1.91. The number of H-pyrrole nitrogens is 1. The molecule has 1 N–H and O–H groups in total. The minimum Gasteiger partial charge on any atom is -0.472 e. The first-order chi connectivity index (χ1) is 7.40. The fourth-order valence-electron chi connectivity index (χ4n) is 1.86. The van der Waals surface area contributed by atoms with Crippen LogP contribution in [0.4, 0.5) is 0 Å². The number of nitrogens with zero attached hydrogens (tertiary/aromatic N) is 1. The Bertz CT molecular complexity index is 457. The van der Waals surface area contributed by atoms with Crippen molar-refractivity contribution in [3.63, 3.8) is 0 Å². The molecule has 0 saturated heterocycles. The Morgan fingerprint density at radius 2 is 2.40 bits per heavy atom. The summed E-state index contributed by atoms with van der Waals surface area (Å²) in [5, 5.41) is 7.42. The van der Waals surface area contributed by atoms with Crippen molar-refractivity contribution in [2.75, 3.05) is 0 Å². The molecule has 1 aliphatic rings. The van der Waals surface area contributed by atoms with Crippen molar-refractivity contribution in [2.24, 2.45) is 0 Å². The summed E-state index contributed by atoms with van der Waals surface area (Å²) in [5.74, 6) is 1.15. The van der Waals surface area contributed by atoms with E-state index in [1.54, 1.807) is 12.5 Å². The number of rotatable bonds is 3. The van der Waals surface area contributed by atoms with Gasteiger partial charge in [-0.25, -0.2) is 0 Å². The first-order valence-corrected chi connectivity index (χ1v) is 5.59. The Hall–Kier alpha value is -1.22. The molecular weight excluding hydrogens is 212 g/mol. The van der Waals surface area contributed by atoms with Crippen LogP contribution in [-0.4, -0.2) is 10.2 Å². The van der Waals surface area contributed by atoms with Crippen LogP contribution in [-0.2, 0) is 5.88 Å². The second-order valence-corrected chi connectivity index (χ2v) is 4.15. The van der Waals surface area contributed by atoms with Crippen molar-refractivity contribution in [1.82, 2.24) is 10.2 Å². The molecule has 1 fully saturated rings. The average Bonchev–Trinajstić information content (AvgIpc) is 2.83. The molecule has 0 spiro atoms. The minimum absolute atomic E-state index is 0.503. The van der Waals surface area contributed by atoms with E-state index in [-0.39, 0.29) is 0 Å². The summed E-state index contributed by atoms with van der Waals surface area (Å²) < 4.78 is 5.06. The fraction of sp³-hybridized carbons (Fsp3) is 0.364. The summed E-state index contributed by atoms with van der Waals surface area (Å²) in [4.78, 5) is 0. The molecule has 2 heterocycles. The zero-order valence-electron chi connectivity index (χ0n) is 8.16. The van der Waals surface area contributed by atoms with Gasteiger partial charge in [0.2, 0.25) is 0 Å². The monoisotopic (exact) mass is 222 g/mol. The van der Waals surface area contributed by atoms with Crippen LogP contribution < -0.4 is 0 Å². The Balaban J connectivity index is 2.07. The normalized spacial score (nSPS) is 15.8. The van der Waals surface area contributed by atoms with Crippen LogP contribution in [0.5, 0.6) is 0 Å². The lowest BCUT2D eigenvalue weighted by Crippen LogP contribution is -1.86. The maximum atomic E-state index is 5.98. The molecule has 0 aliphatic heterocycles. The van der Waals surface area contributed by atoms with E-state index in [4.69, 9.17) is 16.0 Å². The van der Waals surface area contributed by atoms with Crippen LogP contribution >= 0.6 is 11.6 Å². The van der Waals surface area contributed by atoms with Gasteiger partial charge in [-0.1, -0.05) is 0 Å². The van der Waals surface area contributed by atoms with Gasteiger partial charge < -0.3 is 4.42 Å². The maximum Gasteiger partial charge on any atom is 0.0999 e. The van der Waals surface area contributed by atoms with Crippen LogP contribution in [0.25, 0.3) is 11.3 Å². The molecule has 78 valence electrons. The summed E-state index contributed by atoms with van der Waals surface area (Å²) in [7, 11) is 0. The smallest absolute Gasteiger partial charge is 0.0999 e. The van der Waals surface area contributed by atoms with Gasteiger partial charge >= 0.3 is 0 Å². The predicted octanol–water partition coefficient (Wildman–Crippen LogP) is 3.29. The first-order valence-electron chi connectivity index (χ1n) is 5.06. The molecule has 2 aromatic rings. The summed E-state index contributed by atoms with van der Waals surface area (Å²) in [6.45, 7) is 0. The first kappa shape index (κ1) is 9.04. The molecule has 1 saturated carbocycles. The predicted molar refractivity (Wildman–Crippen MR) is 57.8 cm³/mol. The highest BCUT2D eigenvalue weighted by Crippen LogP contribution is 2.43. The Kier molecular flexibility index (Phi) is 2.06. The molecule has 15 heavy (non-hydrogen) atoms. The lowest BCUT2D eigenvalue weighted by molar-refractivity contribution is 0.568. The summed E-state index contributed by atoms with van der Waals surface area (Å²) in [5.41, 5.74) is 4.26. The van der Waals surface area contributed by atoms with Crippen molar-refractivity contribution in [3.05, 3.63) is 29.9 Å². The average molecular weight is 223 g/mol. The van der Waals surface area contributed by atoms with Crippen molar-refractivity contribution >= 4 is 11.6 Å². The molecule has 2 aromatic heterocycles. The van der Waals surface area contributed by atoms with Crippen molar-refractivity contribution in [2.45, 2.75) is 24.6 Å². The number of furan rings is 1. The van der Waals surface area contributed by atoms with Crippen molar-refractivity contribution < 1.29 is 4.42 Å². The number of aromatic nitrogens is 2. The zero-order valence-corrected chi connectivity index (χ0v) is 8.92. The van der Waals surface area contributed by atoms with E-state index >= 15 is 0 Å². The van der Waals surface area contributed by atoms with Gasteiger partial charge in [-0.15, -0.1) is 11.6 Å². The highest BCUT2D eigenvalue weighted by Gasteiger charge is 2.29. The third kappa shape index (κ3) is 1.47.